The van der Waals surface area contributed by atoms with Gasteiger partial charge in [-0.05, 0) is 29.6 Å². The molecule has 2 N–H and O–H groups in total. The molecule has 0 aliphatic carbocycles. The molecule has 0 aromatic heterocycles. The summed E-state index contributed by atoms with van der Waals surface area (Å²) in [5, 5.41) is 4.87. The first-order chi connectivity index (χ1) is 18.8. The van der Waals surface area contributed by atoms with E-state index in [-0.39, 0.29) is 29.4 Å². The summed E-state index contributed by atoms with van der Waals surface area (Å²) in [5.41, 5.74) is 1.96. The molecule has 0 saturated carbocycles. The van der Waals surface area contributed by atoms with E-state index in [2.05, 4.69) is 10.2 Å². The molecule has 8 nitrogen and oxygen atoms in total. The minimum atomic E-state index is -3.11. The highest BCUT2D eigenvalue weighted by atomic mass is 16.5. The summed E-state index contributed by atoms with van der Waals surface area (Å²) >= 11 is 0. The number of carbonyl (C=O) groups is 3. The number of rotatable bonds is 6. The van der Waals surface area contributed by atoms with Crippen LogP contribution in [0.2, 0.25) is 0 Å². The van der Waals surface area contributed by atoms with Crippen LogP contribution in [0, 0.1) is 0 Å². The normalized spacial score (nSPS) is 27.3. The van der Waals surface area contributed by atoms with Crippen LogP contribution in [-0.4, -0.2) is 59.9 Å². The number of fused-ring (bicyclic) bond motifs is 1. The van der Waals surface area contributed by atoms with Crippen LogP contribution in [0.25, 0.3) is 0 Å². The predicted molar refractivity (Wildman–Crippen MR) is 122 cm³/mol. The number of imide groups is 1. The fourth-order valence-electron chi connectivity index (χ4n) is 4.12. The zero-order valence-corrected chi connectivity index (χ0v) is 17.9. The number of carbonyl (C=O) groups excluding carboxylic acids is 3. The zero-order chi connectivity index (χ0) is 29.0. The maximum atomic E-state index is 13.4. The van der Waals surface area contributed by atoms with Gasteiger partial charge in [0, 0.05) is 61.4 Å². The number of nitrogens with zero attached hydrogens (tertiary/aromatic N) is 2. The summed E-state index contributed by atoms with van der Waals surface area (Å²) in [6.07, 6.45) is -6.18. The van der Waals surface area contributed by atoms with Crippen LogP contribution in [0.1, 0.15) is 49.4 Å². The molecule has 0 spiro atoms. The Morgan fingerprint density at radius 2 is 1.88 bits per heavy atom. The monoisotopic (exact) mass is 455 g/mol. The van der Waals surface area contributed by atoms with Gasteiger partial charge < -0.3 is 15.0 Å². The summed E-state index contributed by atoms with van der Waals surface area (Å²) in [5.74, 6) is -3.57. The quantitative estimate of drug-likeness (QED) is 0.647. The van der Waals surface area contributed by atoms with Crippen molar-refractivity contribution in [1.82, 2.24) is 15.1 Å². The molecule has 5 rings (SSSR count). The Labute approximate surface area is 202 Å². The van der Waals surface area contributed by atoms with Crippen LogP contribution < -0.4 is 10.6 Å². The van der Waals surface area contributed by atoms with Gasteiger partial charge in [0.2, 0.25) is 11.8 Å². The molecule has 8 heteroatoms. The van der Waals surface area contributed by atoms with Gasteiger partial charge in [0.25, 0.3) is 5.91 Å². The van der Waals surface area contributed by atoms with E-state index in [0.29, 0.717) is 13.2 Å². The molecule has 2 fully saturated rings. The van der Waals surface area contributed by atoms with Crippen molar-refractivity contribution >= 4 is 23.4 Å². The molecule has 3 heterocycles. The maximum Gasteiger partial charge on any atom is 0.255 e. The summed E-state index contributed by atoms with van der Waals surface area (Å²) in [6, 6.07) is 4.44. The molecule has 3 amide bonds. The number of nitrogens with one attached hydrogen (secondary N) is 2. The van der Waals surface area contributed by atoms with Crippen LogP contribution in [0.15, 0.2) is 42.4 Å². The second-order valence-corrected chi connectivity index (χ2v) is 8.09. The van der Waals surface area contributed by atoms with Gasteiger partial charge in [-0.1, -0.05) is 30.3 Å². The average molecular weight is 456 g/mol. The lowest BCUT2D eigenvalue weighted by molar-refractivity contribution is -0.136. The third-order valence-corrected chi connectivity index (χ3v) is 5.90. The van der Waals surface area contributed by atoms with Crippen molar-refractivity contribution in [3.63, 3.8) is 0 Å². The number of piperidine rings is 1. The van der Waals surface area contributed by atoms with Crippen molar-refractivity contribution in [2.24, 2.45) is 0 Å². The van der Waals surface area contributed by atoms with Crippen molar-refractivity contribution < 1.29 is 28.7 Å². The number of amides is 3. The lowest BCUT2D eigenvalue weighted by Gasteiger charge is -2.29. The number of benzene rings is 2. The molecule has 0 radical (unpaired) electrons. The van der Waals surface area contributed by atoms with E-state index < -0.39 is 55.1 Å². The topological polar surface area (TPSA) is 91.0 Å². The Hall–Kier alpha value is -3.23. The molecule has 2 saturated heterocycles. The SMILES string of the molecule is [2H]c1c([2H])c(NCc2ccc(CN3CCOCC3)cc2)c2c(c1[2H])C(=O)N([C@H]1C(=O)NC(=O)C([2H])([2H])C1([2H])[2H])C2. The highest BCUT2D eigenvalue weighted by Crippen LogP contribution is 2.32. The minimum absolute atomic E-state index is 0.0973. The van der Waals surface area contributed by atoms with E-state index in [1.165, 1.54) is 0 Å². The molecule has 3 aliphatic heterocycles. The second kappa shape index (κ2) is 9.33. The van der Waals surface area contributed by atoms with Gasteiger partial charge in [-0.3, -0.25) is 24.6 Å². The molecule has 172 valence electrons. The van der Waals surface area contributed by atoms with Crippen LogP contribution >= 0.6 is 0 Å². The number of hydrogen-bond acceptors (Lipinski definition) is 6. The van der Waals surface area contributed by atoms with Crippen LogP contribution in [0.3, 0.4) is 0 Å². The highest BCUT2D eigenvalue weighted by Gasteiger charge is 2.39. The van der Waals surface area contributed by atoms with Crippen molar-refractivity contribution in [3.05, 3.63) is 64.6 Å². The van der Waals surface area contributed by atoms with Gasteiger partial charge in [0.1, 0.15) is 6.04 Å². The van der Waals surface area contributed by atoms with E-state index in [1.807, 2.05) is 24.3 Å². The number of morpholine rings is 1. The van der Waals surface area contributed by atoms with Crippen LogP contribution in [0.4, 0.5) is 5.69 Å². The van der Waals surface area contributed by atoms with Gasteiger partial charge in [-0.25, -0.2) is 0 Å². The summed E-state index contributed by atoms with van der Waals surface area (Å²) in [4.78, 5) is 41.1. The van der Waals surface area contributed by atoms with Crippen LogP contribution in [-0.2, 0) is 34.0 Å². The highest BCUT2D eigenvalue weighted by molar-refractivity contribution is 6.06. The fraction of sp³-hybridized carbons (Fsp3) is 0.400. The Morgan fingerprint density at radius 1 is 1.12 bits per heavy atom. The summed E-state index contributed by atoms with van der Waals surface area (Å²) < 4.78 is 62.8. The lowest BCUT2D eigenvalue weighted by atomic mass is 10.0. The van der Waals surface area contributed by atoms with E-state index in [1.54, 1.807) is 5.32 Å². The van der Waals surface area contributed by atoms with Crippen molar-refractivity contribution in [3.8, 4) is 0 Å². The first-order valence-corrected chi connectivity index (χ1v) is 10.7. The summed E-state index contributed by atoms with van der Waals surface area (Å²) in [7, 11) is 0. The molecule has 0 bridgehead atoms. The van der Waals surface area contributed by atoms with Gasteiger partial charge in [0.15, 0.2) is 0 Å². The van der Waals surface area contributed by atoms with Gasteiger partial charge in [-0.2, -0.15) is 0 Å². The number of anilines is 1. The Morgan fingerprint density at radius 3 is 2.67 bits per heavy atom. The average Bonchev–Trinajstić information content (AvgIpc) is 3.24. The summed E-state index contributed by atoms with van der Waals surface area (Å²) in [6.45, 7) is 3.75. The molecular weight excluding hydrogens is 420 g/mol. The molecule has 3 aliphatic rings. The maximum absolute atomic E-state index is 13.4. The lowest BCUT2D eigenvalue weighted by Crippen LogP contribution is -2.52. The van der Waals surface area contributed by atoms with Crippen LogP contribution in [0.5, 0.6) is 0 Å². The fourth-order valence-corrected chi connectivity index (χ4v) is 4.12. The van der Waals surface area contributed by atoms with Gasteiger partial charge in [0.05, 0.1) is 17.3 Å². The van der Waals surface area contributed by atoms with E-state index in [0.717, 1.165) is 35.7 Å². The van der Waals surface area contributed by atoms with Gasteiger partial charge >= 0.3 is 0 Å². The molecule has 2 aromatic carbocycles. The number of ether oxygens (including phenoxy) is 1. The molecular formula is C25H28N4O4. The smallest absolute Gasteiger partial charge is 0.255 e. The van der Waals surface area contributed by atoms with E-state index >= 15 is 0 Å². The van der Waals surface area contributed by atoms with E-state index in [9.17, 15) is 14.4 Å². The standard InChI is InChI=1S/C25H28N4O4/c30-23-9-8-22(24(31)27-23)29-16-20-19(25(29)32)2-1-3-21(20)26-14-17-4-6-18(7-5-17)15-28-10-12-33-13-11-28/h1-7,22,26H,8-16H2,(H,27,30,31)/t22-/m1/s1/i1D,2D,3D,8D2,9D2. The van der Waals surface area contributed by atoms with Crippen molar-refractivity contribution in [2.75, 3.05) is 31.6 Å². The molecule has 0 unspecified atom stereocenters. The van der Waals surface area contributed by atoms with Crippen molar-refractivity contribution in [2.45, 2.75) is 38.4 Å². The molecule has 33 heavy (non-hydrogen) atoms. The second-order valence-electron chi connectivity index (χ2n) is 8.09. The van der Waals surface area contributed by atoms with Crippen molar-refractivity contribution in [1.29, 1.82) is 0 Å². The molecule has 1 atom stereocenters. The minimum Gasteiger partial charge on any atom is -0.381 e. The van der Waals surface area contributed by atoms with E-state index in [4.69, 9.17) is 14.3 Å². The Balaban J connectivity index is 1.39. The third kappa shape index (κ3) is 4.62. The number of hydrogen-bond donors (Lipinski definition) is 2. The Bertz CT molecular complexity index is 1380. The third-order valence-electron chi connectivity index (χ3n) is 5.90. The predicted octanol–water partition coefficient (Wildman–Crippen LogP) is 1.89. The largest absolute Gasteiger partial charge is 0.381 e. The first kappa shape index (κ1) is 14.8. The Kier molecular flexibility index (Phi) is 4.19. The zero-order valence-electron chi connectivity index (χ0n) is 24.9. The first-order valence-electron chi connectivity index (χ1n) is 14.2. The van der Waals surface area contributed by atoms with Gasteiger partial charge in [-0.15, -0.1) is 0 Å². The molecule has 2 aromatic rings.